The summed E-state index contributed by atoms with van der Waals surface area (Å²) >= 11 is 5.75. The number of benzene rings is 1. The molecule has 0 aliphatic carbocycles. The molecule has 2 N–H and O–H groups in total. The fourth-order valence-corrected chi connectivity index (χ4v) is 1.81. The van der Waals surface area contributed by atoms with E-state index in [1.54, 1.807) is 0 Å². The van der Waals surface area contributed by atoms with Crippen LogP contribution in [0.15, 0.2) is 18.2 Å². The van der Waals surface area contributed by atoms with Crippen molar-refractivity contribution in [2.24, 2.45) is 0 Å². The van der Waals surface area contributed by atoms with Crippen molar-refractivity contribution in [2.75, 3.05) is 11.6 Å². The number of carbonyl (C=O) groups excluding carboxylic acids is 1. The molecule has 0 heterocycles. The van der Waals surface area contributed by atoms with Gasteiger partial charge in [0, 0.05) is 11.3 Å². The fourth-order valence-electron chi connectivity index (χ4n) is 1.25. The van der Waals surface area contributed by atoms with Crippen molar-refractivity contribution >= 4 is 39.0 Å². The Hall–Kier alpha value is -1.60. The highest BCUT2D eigenvalue weighted by Gasteiger charge is 2.38. The third-order valence-electron chi connectivity index (χ3n) is 2.93. The molecular formula is C12H14ClNO5S. The van der Waals surface area contributed by atoms with Gasteiger partial charge < -0.3 is 10.4 Å². The zero-order valence-corrected chi connectivity index (χ0v) is 12.7. The molecule has 110 valence electrons. The van der Waals surface area contributed by atoms with Gasteiger partial charge in [-0.3, -0.25) is 4.79 Å². The van der Waals surface area contributed by atoms with Crippen molar-refractivity contribution in [1.29, 1.82) is 0 Å². The van der Waals surface area contributed by atoms with Crippen LogP contribution in [0.25, 0.3) is 0 Å². The maximum absolute atomic E-state index is 12.0. The summed E-state index contributed by atoms with van der Waals surface area (Å²) in [5.74, 6) is -2.08. The minimum Gasteiger partial charge on any atom is -0.478 e. The van der Waals surface area contributed by atoms with Gasteiger partial charge in [-0.1, -0.05) is 11.6 Å². The standard InChI is InChI=1S/C12H14ClNO5S/c1-12(2,20(3,18)19)11(17)14-9-6-7(13)4-5-8(9)10(15)16/h4-6H,1-3H3,(H,14,17)(H,15,16). The Bertz CT molecular complexity index is 666. The molecule has 0 saturated carbocycles. The Morgan fingerprint density at radius 3 is 2.30 bits per heavy atom. The third kappa shape index (κ3) is 3.29. The minimum atomic E-state index is -3.66. The van der Waals surface area contributed by atoms with E-state index in [2.05, 4.69) is 5.32 Å². The van der Waals surface area contributed by atoms with Crippen molar-refractivity contribution in [3.8, 4) is 0 Å². The minimum absolute atomic E-state index is 0.0493. The van der Waals surface area contributed by atoms with E-state index in [9.17, 15) is 18.0 Å². The van der Waals surface area contributed by atoms with Gasteiger partial charge in [-0.2, -0.15) is 0 Å². The lowest BCUT2D eigenvalue weighted by Crippen LogP contribution is -2.44. The Morgan fingerprint density at radius 2 is 1.85 bits per heavy atom. The molecule has 0 aromatic heterocycles. The molecule has 0 bridgehead atoms. The van der Waals surface area contributed by atoms with Gasteiger partial charge in [0.05, 0.1) is 11.3 Å². The molecule has 6 nitrogen and oxygen atoms in total. The van der Waals surface area contributed by atoms with Crippen LogP contribution in [0, 0.1) is 0 Å². The number of anilines is 1. The van der Waals surface area contributed by atoms with Gasteiger partial charge in [-0.25, -0.2) is 13.2 Å². The number of hydrogen-bond donors (Lipinski definition) is 2. The number of amides is 1. The molecule has 20 heavy (non-hydrogen) atoms. The predicted molar refractivity (Wildman–Crippen MR) is 76.0 cm³/mol. The summed E-state index contributed by atoms with van der Waals surface area (Å²) in [5, 5.41) is 11.5. The van der Waals surface area contributed by atoms with E-state index < -0.39 is 26.5 Å². The zero-order chi connectivity index (χ0) is 15.7. The molecule has 0 unspecified atom stereocenters. The zero-order valence-electron chi connectivity index (χ0n) is 11.1. The molecule has 8 heteroatoms. The summed E-state index contributed by atoms with van der Waals surface area (Å²) in [7, 11) is -3.66. The number of halogens is 1. The molecule has 0 fully saturated rings. The highest BCUT2D eigenvalue weighted by atomic mass is 35.5. The van der Waals surface area contributed by atoms with E-state index in [-0.39, 0.29) is 16.3 Å². The molecule has 1 rings (SSSR count). The molecule has 0 aliphatic heterocycles. The van der Waals surface area contributed by atoms with Crippen LogP contribution in [0.4, 0.5) is 5.69 Å². The van der Waals surface area contributed by atoms with Gasteiger partial charge in [0.2, 0.25) is 5.91 Å². The average Bonchev–Trinajstić information content (AvgIpc) is 2.26. The Kier molecular flexibility index (Phi) is 4.45. The molecule has 0 spiro atoms. The summed E-state index contributed by atoms with van der Waals surface area (Å²) in [5.41, 5.74) is -0.223. The maximum Gasteiger partial charge on any atom is 0.337 e. The van der Waals surface area contributed by atoms with Crippen LogP contribution in [0.1, 0.15) is 24.2 Å². The van der Waals surface area contributed by atoms with Crippen LogP contribution in [0.2, 0.25) is 5.02 Å². The fraction of sp³-hybridized carbons (Fsp3) is 0.333. The number of hydrogen-bond acceptors (Lipinski definition) is 4. The number of rotatable bonds is 4. The number of aromatic carboxylic acids is 1. The number of carboxylic acid groups (broad SMARTS) is 1. The van der Waals surface area contributed by atoms with Crippen LogP contribution in [-0.4, -0.2) is 36.4 Å². The summed E-state index contributed by atoms with van der Waals surface area (Å²) in [4.78, 5) is 23.1. The second kappa shape index (κ2) is 5.41. The number of carbonyl (C=O) groups is 2. The van der Waals surface area contributed by atoms with Crippen LogP contribution in [0.5, 0.6) is 0 Å². The first-order valence-corrected chi connectivity index (χ1v) is 7.77. The van der Waals surface area contributed by atoms with Crippen molar-refractivity contribution in [3.63, 3.8) is 0 Å². The summed E-state index contributed by atoms with van der Waals surface area (Å²) in [6.07, 6.45) is 0.933. The average molecular weight is 320 g/mol. The summed E-state index contributed by atoms with van der Waals surface area (Å²) < 4.78 is 21.4. The Morgan fingerprint density at radius 1 is 1.30 bits per heavy atom. The van der Waals surface area contributed by atoms with Gasteiger partial charge in [0.1, 0.15) is 4.75 Å². The van der Waals surface area contributed by atoms with Crippen molar-refractivity contribution in [3.05, 3.63) is 28.8 Å². The second-order valence-electron chi connectivity index (χ2n) is 4.73. The first kappa shape index (κ1) is 16.5. The first-order valence-electron chi connectivity index (χ1n) is 5.50. The number of carboxylic acids is 1. The highest BCUT2D eigenvalue weighted by molar-refractivity contribution is 7.92. The molecule has 1 aromatic rings. The van der Waals surface area contributed by atoms with E-state index in [0.717, 1.165) is 6.26 Å². The first-order chi connectivity index (χ1) is 8.96. The van der Waals surface area contributed by atoms with E-state index in [0.29, 0.717) is 0 Å². The van der Waals surface area contributed by atoms with Crippen LogP contribution in [0.3, 0.4) is 0 Å². The molecule has 1 aromatic carbocycles. The topological polar surface area (TPSA) is 101 Å². The van der Waals surface area contributed by atoms with Crippen molar-refractivity contribution in [2.45, 2.75) is 18.6 Å². The second-order valence-corrected chi connectivity index (χ2v) is 7.73. The van der Waals surface area contributed by atoms with E-state index in [1.807, 2.05) is 0 Å². The van der Waals surface area contributed by atoms with Gasteiger partial charge in [0.15, 0.2) is 9.84 Å². The molecule has 0 saturated heterocycles. The van der Waals surface area contributed by atoms with E-state index >= 15 is 0 Å². The van der Waals surface area contributed by atoms with Gasteiger partial charge in [-0.15, -0.1) is 0 Å². The van der Waals surface area contributed by atoms with Crippen LogP contribution < -0.4 is 5.32 Å². The Labute approximate surface area is 121 Å². The normalized spacial score (nSPS) is 12.0. The molecule has 1 amide bonds. The number of sulfone groups is 1. The van der Waals surface area contributed by atoms with Crippen LogP contribution >= 0.6 is 11.6 Å². The smallest absolute Gasteiger partial charge is 0.337 e. The Balaban J connectivity index is 3.21. The molecule has 0 atom stereocenters. The predicted octanol–water partition coefficient (Wildman–Crippen LogP) is 1.80. The monoisotopic (exact) mass is 319 g/mol. The molecular weight excluding hydrogens is 306 g/mol. The van der Waals surface area contributed by atoms with Gasteiger partial charge >= 0.3 is 5.97 Å². The molecule has 0 aliphatic rings. The van der Waals surface area contributed by atoms with E-state index in [4.69, 9.17) is 16.7 Å². The largest absolute Gasteiger partial charge is 0.478 e. The van der Waals surface area contributed by atoms with Crippen molar-refractivity contribution in [1.82, 2.24) is 0 Å². The van der Waals surface area contributed by atoms with Gasteiger partial charge in [0.25, 0.3) is 0 Å². The summed E-state index contributed by atoms with van der Waals surface area (Å²) in [6.45, 7) is 2.48. The lowest BCUT2D eigenvalue weighted by molar-refractivity contribution is -0.117. The van der Waals surface area contributed by atoms with Crippen LogP contribution in [-0.2, 0) is 14.6 Å². The summed E-state index contributed by atoms with van der Waals surface area (Å²) in [6, 6.07) is 3.84. The third-order valence-corrected chi connectivity index (χ3v) is 5.21. The quantitative estimate of drug-likeness (QED) is 0.881. The van der Waals surface area contributed by atoms with Gasteiger partial charge in [-0.05, 0) is 32.0 Å². The SMILES string of the molecule is CC(C)(C(=O)Nc1cc(Cl)ccc1C(=O)O)S(C)(=O)=O. The lowest BCUT2D eigenvalue weighted by Gasteiger charge is -2.22. The van der Waals surface area contributed by atoms with Crippen molar-refractivity contribution < 1.29 is 23.1 Å². The molecule has 0 radical (unpaired) electrons. The number of nitrogens with one attached hydrogen (secondary N) is 1. The maximum atomic E-state index is 12.0. The lowest BCUT2D eigenvalue weighted by atomic mass is 10.1. The highest BCUT2D eigenvalue weighted by Crippen LogP contribution is 2.24. The van der Waals surface area contributed by atoms with E-state index in [1.165, 1.54) is 32.0 Å².